The molecule has 16 heavy (non-hydrogen) atoms. The number of rotatable bonds is 4. The van der Waals surface area contributed by atoms with Crippen LogP contribution in [0.15, 0.2) is 6.07 Å². The molecular formula is C12H18N2O2. The largest absolute Gasteiger partial charge is 0.480 e. The average molecular weight is 222 g/mol. The minimum Gasteiger partial charge on any atom is -0.480 e. The molecule has 0 spiro atoms. The smallest absolute Gasteiger partial charge is 0.317 e. The predicted molar refractivity (Wildman–Crippen MR) is 62.5 cm³/mol. The van der Waals surface area contributed by atoms with Crippen LogP contribution in [0.2, 0.25) is 0 Å². The third-order valence-corrected chi connectivity index (χ3v) is 2.58. The van der Waals surface area contributed by atoms with Crippen LogP contribution in [0.25, 0.3) is 0 Å². The van der Waals surface area contributed by atoms with Crippen LogP contribution < -0.4 is 5.32 Å². The van der Waals surface area contributed by atoms with Gasteiger partial charge in [-0.25, -0.2) is 0 Å². The van der Waals surface area contributed by atoms with E-state index in [1.807, 2.05) is 33.8 Å². The van der Waals surface area contributed by atoms with Gasteiger partial charge in [-0.1, -0.05) is 0 Å². The SMILES string of the molecule is Cc1cc(C)c(C(C)NCC(=O)O)c(C)n1. The Morgan fingerprint density at radius 1 is 1.50 bits per heavy atom. The van der Waals surface area contributed by atoms with Crippen LogP contribution in [0.5, 0.6) is 0 Å². The first kappa shape index (κ1) is 12.6. The summed E-state index contributed by atoms with van der Waals surface area (Å²) in [5.41, 5.74) is 4.19. The van der Waals surface area contributed by atoms with Crippen molar-refractivity contribution in [2.45, 2.75) is 33.7 Å². The fourth-order valence-corrected chi connectivity index (χ4v) is 2.03. The Morgan fingerprint density at radius 3 is 2.62 bits per heavy atom. The fraction of sp³-hybridized carbons (Fsp3) is 0.500. The number of aromatic nitrogens is 1. The lowest BCUT2D eigenvalue weighted by atomic mass is 10.0. The number of carboxylic acids is 1. The lowest BCUT2D eigenvalue weighted by molar-refractivity contribution is -0.136. The van der Waals surface area contributed by atoms with Crippen molar-refractivity contribution in [3.05, 3.63) is 28.6 Å². The molecule has 0 fully saturated rings. The summed E-state index contributed by atoms with van der Waals surface area (Å²) in [6.07, 6.45) is 0. The first-order valence-electron chi connectivity index (χ1n) is 5.31. The second-order valence-electron chi connectivity index (χ2n) is 4.08. The number of nitrogens with one attached hydrogen (secondary N) is 1. The molecule has 1 heterocycles. The summed E-state index contributed by atoms with van der Waals surface area (Å²) in [6.45, 7) is 7.85. The highest BCUT2D eigenvalue weighted by atomic mass is 16.4. The summed E-state index contributed by atoms with van der Waals surface area (Å²) < 4.78 is 0. The van der Waals surface area contributed by atoms with E-state index in [9.17, 15) is 4.79 Å². The zero-order chi connectivity index (χ0) is 12.3. The number of carbonyl (C=O) groups is 1. The minimum absolute atomic E-state index is 0.00389. The monoisotopic (exact) mass is 222 g/mol. The van der Waals surface area contributed by atoms with Gasteiger partial charge in [0.1, 0.15) is 0 Å². The summed E-state index contributed by atoms with van der Waals surface area (Å²) in [4.78, 5) is 14.9. The first-order valence-corrected chi connectivity index (χ1v) is 5.31. The standard InChI is InChI=1S/C12H18N2O2/c1-7-5-8(2)14-10(4)12(7)9(3)13-6-11(15)16/h5,9,13H,6H2,1-4H3,(H,15,16). The zero-order valence-electron chi connectivity index (χ0n) is 10.2. The molecule has 4 nitrogen and oxygen atoms in total. The second-order valence-corrected chi connectivity index (χ2v) is 4.08. The molecule has 4 heteroatoms. The predicted octanol–water partition coefficient (Wildman–Crippen LogP) is 1.74. The Balaban J connectivity index is 2.90. The number of hydrogen-bond acceptors (Lipinski definition) is 3. The molecule has 1 aromatic heterocycles. The molecule has 88 valence electrons. The van der Waals surface area contributed by atoms with Crippen LogP contribution in [0.4, 0.5) is 0 Å². The number of aryl methyl sites for hydroxylation is 3. The number of hydrogen-bond donors (Lipinski definition) is 2. The van der Waals surface area contributed by atoms with Gasteiger partial charge in [-0.05, 0) is 44.9 Å². The molecule has 2 N–H and O–H groups in total. The van der Waals surface area contributed by atoms with Crippen molar-refractivity contribution in [1.82, 2.24) is 10.3 Å². The van der Waals surface area contributed by atoms with E-state index in [1.165, 1.54) is 0 Å². The fourth-order valence-electron chi connectivity index (χ4n) is 2.03. The van der Waals surface area contributed by atoms with Crippen LogP contribution >= 0.6 is 0 Å². The molecule has 1 aromatic rings. The first-order chi connectivity index (χ1) is 7.41. The molecule has 0 saturated carbocycles. The van der Waals surface area contributed by atoms with Gasteiger partial charge in [-0.2, -0.15) is 0 Å². The van der Waals surface area contributed by atoms with Crippen LogP contribution in [0.3, 0.4) is 0 Å². The van der Waals surface area contributed by atoms with Gasteiger partial charge >= 0.3 is 5.97 Å². The molecule has 1 atom stereocenters. The Labute approximate surface area is 95.7 Å². The normalized spacial score (nSPS) is 12.5. The highest BCUT2D eigenvalue weighted by Crippen LogP contribution is 2.20. The van der Waals surface area contributed by atoms with Crippen molar-refractivity contribution in [2.24, 2.45) is 0 Å². The van der Waals surface area contributed by atoms with E-state index in [0.29, 0.717) is 0 Å². The van der Waals surface area contributed by atoms with Gasteiger partial charge in [0.2, 0.25) is 0 Å². The maximum atomic E-state index is 10.5. The summed E-state index contributed by atoms with van der Waals surface area (Å²) in [6, 6.07) is 2.02. The lowest BCUT2D eigenvalue weighted by Crippen LogP contribution is -2.26. The van der Waals surface area contributed by atoms with E-state index in [2.05, 4.69) is 10.3 Å². The van der Waals surface area contributed by atoms with Crippen LogP contribution in [-0.2, 0) is 4.79 Å². The third-order valence-electron chi connectivity index (χ3n) is 2.58. The molecule has 1 rings (SSSR count). The Kier molecular flexibility index (Phi) is 4.01. The average Bonchev–Trinajstić information content (AvgIpc) is 2.12. The van der Waals surface area contributed by atoms with Crippen molar-refractivity contribution in [3.63, 3.8) is 0 Å². The number of aliphatic carboxylic acids is 1. The number of carboxylic acid groups (broad SMARTS) is 1. The molecule has 0 bridgehead atoms. The molecule has 0 amide bonds. The quantitative estimate of drug-likeness (QED) is 0.814. The molecular weight excluding hydrogens is 204 g/mol. The van der Waals surface area contributed by atoms with E-state index >= 15 is 0 Å². The number of pyridine rings is 1. The third kappa shape index (κ3) is 3.03. The Bertz CT molecular complexity index is 379. The van der Waals surface area contributed by atoms with Gasteiger partial charge in [0.25, 0.3) is 0 Å². The van der Waals surface area contributed by atoms with E-state index in [-0.39, 0.29) is 12.6 Å². The van der Waals surface area contributed by atoms with Crippen molar-refractivity contribution in [2.75, 3.05) is 6.54 Å². The lowest BCUT2D eigenvalue weighted by Gasteiger charge is -2.18. The van der Waals surface area contributed by atoms with E-state index in [4.69, 9.17) is 5.11 Å². The van der Waals surface area contributed by atoms with Crippen LogP contribution in [0, 0.1) is 20.8 Å². The zero-order valence-corrected chi connectivity index (χ0v) is 10.2. The topological polar surface area (TPSA) is 62.2 Å². The highest BCUT2D eigenvalue weighted by Gasteiger charge is 2.13. The molecule has 0 aromatic carbocycles. The highest BCUT2D eigenvalue weighted by molar-refractivity contribution is 5.69. The second kappa shape index (κ2) is 5.07. The Hall–Kier alpha value is -1.42. The van der Waals surface area contributed by atoms with Gasteiger partial charge in [-0.15, -0.1) is 0 Å². The molecule has 0 aliphatic heterocycles. The number of nitrogens with zero attached hydrogens (tertiary/aromatic N) is 1. The van der Waals surface area contributed by atoms with Crippen molar-refractivity contribution >= 4 is 5.97 Å². The summed E-state index contributed by atoms with van der Waals surface area (Å²) >= 11 is 0. The van der Waals surface area contributed by atoms with Crippen molar-refractivity contribution < 1.29 is 9.90 Å². The Morgan fingerprint density at radius 2 is 2.12 bits per heavy atom. The summed E-state index contributed by atoms with van der Waals surface area (Å²) in [5, 5.41) is 11.6. The van der Waals surface area contributed by atoms with Gasteiger partial charge in [0.05, 0.1) is 6.54 Å². The van der Waals surface area contributed by atoms with Gasteiger partial charge in [0.15, 0.2) is 0 Å². The van der Waals surface area contributed by atoms with E-state index < -0.39 is 5.97 Å². The maximum Gasteiger partial charge on any atom is 0.317 e. The molecule has 1 unspecified atom stereocenters. The van der Waals surface area contributed by atoms with Gasteiger partial charge in [-0.3, -0.25) is 9.78 Å². The minimum atomic E-state index is -0.845. The molecule has 0 saturated heterocycles. The summed E-state index contributed by atoms with van der Waals surface area (Å²) in [7, 11) is 0. The molecule has 0 radical (unpaired) electrons. The summed E-state index contributed by atoms with van der Waals surface area (Å²) in [5.74, 6) is -0.845. The molecule has 0 aliphatic carbocycles. The maximum absolute atomic E-state index is 10.5. The van der Waals surface area contributed by atoms with Gasteiger partial charge in [0, 0.05) is 17.4 Å². The van der Waals surface area contributed by atoms with Gasteiger partial charge < -0.3 is 10.4 Å². The molecule has 0 aliphatic rings. The van der Waals surface area contributed by atoms with Crippen molar-refractivity contribution in [1.29, 1.82) is 0 Å². The van der Waals surface area contributed by atoms with E-state index in [1.54, 1.807) is 0 Å². The van der Waals surface area contributed by atoms with E-state index in [0.717, 1.165) is 22.5 Å². The van der Waals surface area contributed by atoms with Crippen LogP contribution in [-0.4, -0.2) is 22.6 Å². The van der Waals surface area contributed by atoms with Crippen LogP contribution in [0.1, 0.15) is 35.5 Å². The van der Waals surface area contributed by atoms with Crippen molar-refractivity contribution in [3.8, 4) is 0 Å².